The van der Waals surface area contributed by atoms with E-state index in [9.17, 15) is 9.18 Å². The average Bonchev–Trinajstić information content (AvgIpc) is 2.63. The van der Waals surface area contributed by atoms with E-state index in [1.807, 2.05) is 11.8 Å². The standard InChI is InChI=1S/C20H25FN4O2/c1-14(2)10-20(26)25-9-8-24(12-15(25)3)18-11-19(23-13-22-18)27-17-7-5-4-6-16(17)21/h4-7,11,13-15H,8-10,12H2,1-3H3/t15-/m1/s1. The number of hydrogen-bond donors (Lipinski definition) is 0. The topological polar surface area (TPSA) is 58.6 Å². The van der Waals surface area contributed by atoms with Crippen LogP contribution in [0.2, 0.25) is 0 Å². The Balaban J connectivity index is 1.68. The molecule has 0 radical (unpaired) electrons. The van der Waals surface area contributed by atoms with Gasteiger partial charge >= 0.3 is 0 Å². The number of benzene rings is 1. The third-order valence-corrected chi connectivity index (χ3v) is 4.53. The summed E-state index contributed by atoms with van der Waals surface area (Å²) in [6.45, 7) is 8.17. The van der Waals surface area contributed by atoms with Gasteiger partial charge in [-0.25, -0.2) is 14.4 Å². The highest BCUT2D eigenvalue weighted by molar-refractivity contribution is 5.77. The van der Waals surface area contributed by atoms with Gasteiger partial charge in [-0.05, 0) is 25.0 Å². The fraction of sp³-hybridized carbons (Fsp3) is 0.450. The zero-order valence-electron chi connectivity index (χ0n) is 15.9. The maximum absolute atomic E-state index is 13.8. The Morgan fingerprint density at radius 1 is 1.30 bits per heavy atom. The van der Waals surface area contributed by atoms with Crippen LogP contribution in [0, 0.1) is 11.7 Å². The van der Waals surface area contributed by atoms with E-state index in [4.69, 9.17) is 4.74 Å². The lowest BCUT2D eigenvalue weighted by atomic mass is 10.1. The van der Waals surface area contributed by atoms with Crippen LogP contribution in [0.1, 0.15) is 27.2 Å². The first-order valence-corrected chi connectivity index (χ1v) is 9.23. The molecule has 1 aliphatic heterocycles. The number of hydrogen-bond acceptors (Lipinski definition) is 5. The quantitative estimate of drug-likeness (QED) is 0.804. The predicted octanol–water partition coefficient (Wildman–Crippen LogP) is 3.49. The Morgan fingerprint density at radius 3 is 2.78 bits per heavy atom. The summed E-state index contributed by atoms with van der Waals surface area (Å²) in [5.41, 5.74) is 0. The van der Waals surface area contributed by atoms with Crippen molar-refractivity contribution in [3.05, 3.63) is 42.5 Å². The van der Waals surface area contributed by atoms with Gasteiger partial charge in [-0.2, -0.15) is 0 Å². The molecule has 0 bridgehead atoms. The fourth-order valence-electron chi connectivity index (χ4n) is 3.20. The normalized spacial score (nSPS) is 17.3. The largest absolute Gasteiger partial charge is 0.436 e. The van der Waals surface area contributed by atoms with Gasteiger partial charge in [-0.1, -0.05) is 26.0 Å². The zero-order valence-corrected chi connectivity index (χ0v) is 15.9. The van der Waals surface area contributed by atoms with Gasteiger partial charge in [0.1, 0.15) is 12.1 Å². The number of amides is 1. The summed E-state index contributed by atoms with van der Waals surface area (Å²) in [6.07, 6.45) is 1.98. The van der Waals surface area contributed by atoms with E-state index in [-0.39, 0.29) is 23.6 Å². The Hall–Kier alpha value is -2.70. The van der Waals surface area contributed by atoms with Gasteiger partial charge in [-0.3, -0.25) is 4.79 Å². The molecule has 0 N–H and O–H groups in total. The number of para-hydroxylation sites is 1. The second-order valence-corrected chi connectivity index (χ2v) is 7.23. The summed E-state index contributed by atoms with van der Waals surface area (Å²) in [4.78, 5) is 24.8. The van der Waals surface area contributed by atoms with E-state index >= 15 is 0 Å². The van der Waals surface area contributed by atoms with Crippen LogP contribution >= 0.6 is 0 Å². The Kier molecular flexibility index (Phi) is 5.88. The summed E-state index contributed by atoms with van der Waals surface area (Å²) in [5, 5.41) is 0. The Labute approximate surface area is 159 Å². The van der Waals surface area contributed by atoms with E-state index in [0.29, 0.717) is 37.8 Å². The fourth-order valence-corrected chi connectivity index (χ4v) is 3.20. The molecule has 0 spiro atoms. The van der Waals surface area contributed by atoms with Crippen molar-refractivity contribution >= 4 is 11.7 Å². The van der Waals surface area contributed by atoms with Crippen molar-refractivity contribution in [2.24, 2.45) is 5.92 Å². The van der Waals surface area contributed by atoms with Crippen LogP contribution in [0.3, 0.4) is 0 Å². The van der Waals surface area contributed by atoms with Gasteiger partial charge in [0.15, 0.2) is 11.6 Å². The van der Waals surface area contributed by atoms with Gasteiger partial charge < -0.3 is 14.5 Å². The van der Waals surface area contributed by atoms with E-state index in [1.165, 1.54) is 12.4 Å². The van der Waals surface area contributed by atoms with E-state index in [1.54, 1.807) is 24.3 Å². The Bertz CT molecular complexity index is 799. The van der Waals surface area contributed by atoms with E-state index < -0.39 is 5.82 Å². The highest BCUT2D eigenvalue weighted by atomic mass is 19.1. The van der Waals surface area contributed by atoms with E-state index in [0.717, 1.165) is 0 Å². The van der Waals surface area contributed by atoms with Crippen LogP contribution in [0.25, 0.3) is 0 Å². The maximum atomic E-state index is 13.8. The van der Waals surface area contributed by atoms with Crippen LogP contribution in [-0.2, 0) is 4.79 Å². The average molecular weight is 372 g/mol. The second kappa shape index (κ2) is 8.33. The lowest BCUT2D eigenvalue weighted by Crippen LogP contribution is -2.54. The van der Waals surface area contributed by atoms with Crippen molar-refractivity contribution in [1.29, 1.82) is 0 Å². The van der Waals surface area contributed by atoms with Crippen molar-refractivity contribution in [3.63, 3.8) is 0 Å². The molecule has 1 aromatic heterocycles. The molecule has 3 rings (SSSR count). The van der Waals surface area contributed by atoms with Crippen LogP contribution in [-0.4, -0.2) is 46.5 Å². The summed E-state index contributed by atoms with van der Waals surface area (Å²) >= 11 is 0. The van der Waals surface area contributed by atoms with Crippen molar-refractivity contribution in [2.75, 3.05) is 24.5 Å². The minimum Gasteiger partial charge on any atom is -0.436 e. The molecule has 0 saturated carbocycles. The maximum Gasteiger partial charge on any atom is 0.224 e. The van der Waals surface area contributed by atoms with Crippen molar-refractivity contribution in [3.8, 4) is 11.6 Å². The van der Waals surface area contributed by atoms with Crippen LogP contribution < -0.4 is 9.64 Å². The number of rotatable bonds is 5. The number of aromatic nitrogens is 2. The third-order valence-electron chi connectivity index (χ3n) is 4.53. The molecule has 0 aliphatic carbocycles. The SMILES string of the molecule is CC(C)CC(=O)N1CCN(c2cc(Oc3ccccc3F)ncn2)C[C@H]1C. The highest BCUT2D eigenvalue weighted by Crippen LogP contribution is 2.25. The molecule has 0 unspecified atom stereocenters. The molecular formula is C20H25FN4O2. The van der Waals surface area contributed by atoms with Crippen molar-refractivity contribution < 1.29 is 13.9 Å². The Morgan fingerprint density at radius 2 is 2.07 bits per heavy atom. The number of carbonyl (C=O) groups is 1. The van der Waals surface area contributed by atoms with Gasteiger partial charge in [0.2, 0.25) is 11.8 Å². The van der Waals surface area contributed by atoms with Gasteiger partial charge in [0.25, 0.3) is 0 Å². The highest BCUT2D eigenvalue weighted by Gasteiger charge is 2.28. The third kappa shape index (κ3) is 4.72. The van der Waals surface area contributed by atoms with Crippen LogP contribution in [0.15, 0.2) is 36.7 Å². The first-order chi connectivity index (χ1) is 12.9. The van der Waals surface area contributed by atoms with Gasteiger partial charge in [-0.15, -0.1) is 0 Å². The van der Waals surface area contributed by atoms with Crippen molar-refractivity contribution in [2.45, 2.75) is 33.2 Å². The number of anilines is 1. The summed E-state index contributed by atoms with van der Waals surface area (Å²) < 4.78 is 19.3. The van der Waals surface area contributed by atoms with Crippen LogP contribution in [0.4, 0.5) is 10.2 Å². The molecule has 1 amide bonds. The second-order valence-electron chi connectivity index (χ2n) is 7.23. The molecule has 144 valence electrons. The number of nitrogens with zero attached hydrogens (tertiary/aromatic N) is 4. The number of carbonyl (C=O) groups excluding carboxylic acids is 1. The summed E-state index contributed by atoms with van der Waals surface area (Å²) in [5.74, 6) is 1.23. The molecule has 1 aliphatic rings. The van der Waals surface area contributed by atoms with Gasteiger partial charge in [0.05, 0.1) is 0 Å². The zero-order chi connectivity index (χ0) is 19.4. The first-order valence-electron chi connectivity index (χ1n) is 9.23. The molecule has 2 aromatic rings. The molecule has 1 saturated heterocycles. The van der Waals surface area contributed by atoms with Crippen molar-refractivity contribution in [1.82, 2.24) is 14.9 Å². The van der Waals surface area contributed by atoms with Gasteiger partial charge in [0, 0.05) is 38.2 Å². The number of piperazine rings is 1. The number of ether oxygens (including phenoxy) is 1. The molecule has 6 nitrogen and oxygen atoms in total. The molecule has 7 heteroatoms. The van der Waals surface area contributed by atoms with E-state index in [2.05, 4.69) is 28.7 Å². The monoisotopic (exact) mass is 372 g/mol. The summed E-state index contributed by atoms with van der Waals surface area (Å²) in [6, 6.07) is 8.00. The summed E-state index contributed by atoms with van der Waals surface area (Å²) in [7, 11) is 0. The molecule has 1 atom stereocenters. The minimum absolute atomic E-state index is 0.0934. The molecule has 27 heavy (non-hydrogen) atoms. The molecule has 2 heterocycles. The molecule has 1 aromatic carbocycles. The number of halogens is 1. The predicted molar refractivity (Wildman–Crippen MR) is 101 cm³/mol. The molecule has 1 fully saturated rings. The first kappa shape index (κ1) is 19.1. The smallest absolute Gasteiger partial charge is 0.224 e. The minimum atomic E-state index is -0.441. The lowest BCUT2D eigenvalue weighted by Gasteiger charge is -2.40. The van der Waals surface area contributed by atoms with Crippen LogP contribution in [0.5, 0.6) is 11.6 Å². The molecular weight excluding hydrogens is 347 g/mol. The lowest BCUT2D eigenvalue weighted by molar-refractivity contribution is -0.134.